The molecule has 4 atom stereocenters. The van der Waals surface area contributed by atoms with E-state index in [-0.39, 0.29) is 24.2 Å². The monoisotopic (exact) mass is 663 g/mol. The Balaban J connectivity index is 1.28. The fraction of sp³-hybridized carbons (Fsp3) is 0.222. The van der Waals surface area contributed by atoms with Crippen molar-refractivity contribution in [2.75, 3.05) is 4.90 Å². The van der Waals surface area contributed by atoms with Gasteiger partial charge < -0.3 is 4.90 Å². The van der Waals surface area contributed by atoms with Crippen LogP contribution in [0.2, 0.25) is 0 Å². The number of thiophene rings is 1. The summed E-state index contributed by atoms with van der Waals surface area (Å²) in [7, 11) is 0. The van der Waals surface area contributed by atoms with Crippen molar-refractivity contribution in [3.63, 3.8) is 0 Å². The van der Waals surface area contributed by atoms with E-state index in [4.69, 9.17) is 4.98 Å². The first-order valence-corrected chi connectivity index (χ1v) is 16.8. The number of benzene rings is 3. The fourth-order valence-corrected chi connectivity index (χ4v) is 8.57. The van der Waals surface area contributed by atoms with Crippen molar-refractivity contribution in [3.8, 4) is 10.6 Å². The van der Waals surface area contributed by atoms with Crippen molar-refractivity contribution in [2.45, 2.75) is 39.0 Å². The predicted octanol–water partition coefficient (Wildman–Crippen LogP) is 8.98. The number of nitrogens with zero attached hydrogens (tertiary/aromatic N) is 5. The second-order valence-corrected chi connectivity index (χ2v) is 13.7. The number of ketones is 2. The van der Waals surface area contributed by atoms with Crippen molar-refractivity contribution in [1.82, 2.24) is 13.7 Å². The third-order valence-corrected chi connectivity index (χ3v) is 10.8. The minimum absolute atomic E-state index is 0.117. The van der Waals surface area contributed by atoms with Gasteiger partial charge in [-0.3, -0.25) is 14.6 Å². The third kappa shape index (κ3) is 4.96. The SMILES string of the molecule is Cc1ccc(N(c2ccc(C)cc2)c2sc(-c3ncc(N=C4C(=O)C(=O)C5C(F)CC(F)CC45)c4nsnc34)c3ccccc23)cc1. The van der Waals surface area contributed by atoms with E-state index in [9.17, 15) is 18.4 Å². The lowest BCUT2D eigenvalue weighted by atomic mass is 9.78. The summed E-state index contributed by atoms with van der Waals surface area (Å²) in [5.74, 6) is -3.80. The van der Waals surface area contributed by atoms with E-state index in [1.165, 1.54) is 6.20 Å². The second-order valence-electron chi connectivity index (χ2n) is 12.1. The molecule has 0 spiro atoms. The van der Waals surface area contributed by atoms with Gasteiger partial charge in [0.25, 0.3) is 0 Å². The van der Waals surface area contributed by atoms with Crippen LogP contribution in [0.15, 0.2) is 84.0 Å². The zero-order valence-corrected chi connectivity index (χ0v) is 27.0. The molecule has 0 radical (unpaired) electrons. The molecule has 3 heterocycles. The molecule has 0 bridgehead atoms. The highest BCUT2D eigenvalue weighted by Gasteiger charge is 2.54. The van der Waals surface area contributed by atoms with Crippen molar-refractivity contribution in [3.05, 3.63) is 90.1 Å². The van der Waals surface area contributed by atoms with Gasteiger partial charge in [0.15, 0.2) is 0 Å². The molecule has 6 aromatic rings. The molecular weight excluding hydrogens is 637 g/mol. The maximum atomic E-state index is 14.7. The molecule has 11 heteroatoms. The first kappa shape index (κ1) is 29.6. The Kier molecular flexibility index (Phi) is 7.25. The van der Waals surface area contributed by atoms with Crippen molar-refractivity contribution in [2.24, 2.45) is 16.8 Å². The maximum Gasteiger partial charge on any atom is 0.243 e. The average molecular weight is 664 g/mol. The Bertz CT molecular complexity index is 2180. The smallest absolute Gasteiger partial charge is 0.243 e. The van der Waals surface area contributed by atoms with E-state index in [2.05, 4.69) is 93.2 Å². The molecule has 2 saturated carbocycles. The maximum absolute atomic E-state index is 14.7. The van der Waals surface area contributed by atoms with Crippen molar-refractivity contribution in [1.29, 1.82) is 0 Å². The molecule has 234 valence electrons. The zero-order chi connectivity index (χ0) is 32.4. The summed E-state index contributed by atoms with van der Waals surface area (Å²) in [6.07, 6.45) is -2.15. The van der Waals surface area contributed by atoms with Gasteiger partial charge in [-0.25, -0.2) is 13.8 Å². The van der Waals surface area contributed by atoms with Gasteiger partial charge in [-0.1, -0.05) is 59.7 Å². The third-order valence-electron chi connectivity index (χ3n) is 9.04. The number of hydrogen-bond donors (Lipinski definition) is 0. The van der Waals surface area contributed by atoms with Crippen LogP contribution >= 0.6 is 23.1 Å². The molecule has 0 N–H and O–H groups in total. The highest BCUT2D eigenvalue weighted by Crippen LogP contribution is 2.50. The normalized spacial score (nSPS) is 22.0. The number of pyridine rings is 1. The van der Waals surface area contributed by atoms with E-state index in [1.807, 2.05) is 12.1 Å². The molecular formula is C36H27F2N5O2S2. The first-order valence-electron chi connectivity index (χ1n) is 15.3. The molecule has 4 unspecified atom stereocenters. The van der Waals surface area contributed by atoms with Gasteiger partial charge in [0.2, 0.25) is 11.6 Å². The van der Waals surface area contributed by atoms with Gasteiger partial charge in [0, 0.05) is 34.5 Å². The highest BCUT2D eigenvalue weighted by atomic mass is 32.1. The zero-order valence-electron chi connectivity index (χ0n) is 25.4. The van der Waals surface area contributed by atoms with Crippen LogP contribution in [0.4, 0.5) is 30.8 Å². The summed E-state index contributed by atoms with van der Waals surface area (Å²) in [5.41, 5.74) is 5.99. The second kappa shape index (κ2) is 11.5. The van der Waals surface area contributed by atoms with E-state index >= 15 is 0 Å². The molecule has 2 fully saturated rings. The molecule has 0 aliphatic heterocycles. The van der Waals surface area contributed by atoms with E-state index in [0.717, 1.165) is 54.9 Å². The number of rotatable bonds is 5. The van der Waals surface area contributed by atoms with E-state index in [1.54, 1.807) is 11.3 Å². The number of anilines is 3. The topological polar surface area (TPSA) is 88.4 Å². The molecule has 3 aromatic carbocycles. The summed E-state index contributed by atoms with van der Waals surface area (Å²) in [5, 5.41) is 3.03. The van der Waals surface area contributed by atoms with Gasteiger partial charge in [-0.15, -0.1) is 11.3 Å². The Morgan fingerprint density at radius 1 is 0.830 bits per heavy atom. The lowest BCUT2D eigenvalue weighted by Gasteiger charge is -2.28. The lowest BCUT2D eigenvalue weighted by Crippen LogP contribution is -2.36. The number of carbonyl (C=O) groups excluding carboxylic acids is 2. The van der Waals surface area contributed by atoms with Gasteiger partial charge in [-0.2, -0.15) is 8.75 Å². The Morgan fingerprint density at radius 3 is 2.15 bits per heavy atom. The van der Waals surface area contributed by atoms with Crippen LogP contribution in [0.25, 0.3) is 32.4 Å². The number of fused-ring (bicyclic) bond motifs is 3. The van der Waals surface area contributed by atoms with Gasteiger partial charge in [-0.05, 0) is 44.5 Å². The van der Waals surface area contributed by atoms with Crippen LogP contribution < -0.4 is 4.90 Å². The number of halogens is 2. The predicted molar refractivity (Wildman–Crippen MR) is 183 cm³/mol. The lowest BCUT2D eigenvalue weighted by molar-refractivity contribution is -0.136. The molecule has 2 aliphatic carbocycles. The summed E-state index contributed by atoms with van der Waals surface area (Å²) in [6, 6.07) is 25.0. The van der Waals surface area contributed by atoms with Gasteiger partial charge in [0.1, 0.15) is 39.8 Å². The number of hydrogen-bond acceptors (Lipinski definition) is 9. The van der Waals surface area contributed by atoms with Gasteiger partial charge in [0.05, 0.1) is 34.4 Å². The number of alkyl halides is 2. The summed E-state index contributed by atoms with van der Waals surface area (Å²) >= 11 is 2.57. The number of aromatic nitrogens is 3. The Morgan fingerprint density at radius 2 is 1.47 bits per heavy atom. The van der Waals surface area contributed by atoms with Crippen LogP contribution in [-0.2, 0) is 9.59 Å². The average Bonchev–Trinajstić information content (AvgIpc) is 3.76. The number of aryl methyl sites for hydroxylation is 2. The largest absolute Gasteiger partial charge is 0.301 e. The molecule has 8 rings (SSSR count). The number of carbonyl (C=O) groups is 2. The quantitative estimate of drug-likeness (QED) is 0.171. The van der Waals surface area contributed by atoms with Crippen LogP contribution in [0.1, 0.15) is 24.0 Å². The molecule has 0 saturated heterocycles. The summed E-state index contributed by atoms with van der Waals surface area (Å²) in [4.78, 5) is 38.1. The van der Waals surface area contributed by atoms with Crippen molar-refractivity contribution >= 4 is 84.2 Å². The molecule has 3 aromatic heterocycles. The van der Waals surface area contributed by atoms with Crippen LogP contribution in [0.5, 0.6) is 0 Å². The molecule has 2 aliphatic rings. The number of aliphatic imine (C=N–C) groups is 1. The van der Waals surface area contributed by atoms with Crippen LogP contribution in [0.3, 0.4) is 0 Å². The minimum atomic E-state index is -1.71. The van der Waals surface area contributed by atoms with Crippen molar-refractivity contribution < 1.29 is 18.4 Å². The van der Waals surface area contributed by atoms with E-state index < -0.39 is 35.7 Å². The fourth-order valence-electron chi connectivity index (χ4n) is 6.69. The minimum Gasteiger partial charge on any atom is -0.301 e. The molecule has 7 nitrogen and oxygen atoms in total. The Hall–Kier alpha value is -4.74. The summed E-state index contributed by atoms with van der Waals surface area (Å²) in [6.45, 7) is 4.13. The van der Waals surface area contributed by atoms with Crippen LogP contribution in [-0.4, -0.2) is 43.4 Å². The van der Waals surface area contributed by atoms with E-state index in [0.29, 0.717) is 16.7 Å². The van der Waals surface area contributed by atoms with Gasteiger partial charge >= 0.3 is 0 Å². The Labute approximate surface area is 276 Å². The summed E-state index contributed by atoms with van der Waals surface area (Å²) < 4.78 is 38.2. The van der Waals surface area contributed by atoms with Crippen LogP contribution in [0, 0.1) is 25.7 Å². The molecule has 47 heavy (non-hydrogen) atoms. The highest BCUT2D eigenvalue weighted by molar-refractivity contribution is 7.21. The number of Topliss-reactive ketones (excluding diaryl/α,β-unsaturated/α-hetero) is 2. The standard InChI is InChI=1S/C36H27F2N5O2S2/c1-18-7-11-21(12-8-18)43(22-13-9-19(2)10-14-22)36-24-6-4-3-5-23(24)35(46-36)32-31-30(41-47-42-31)27(17-39-32)40-29-25-15-20(37)16-26(38)28(25)33(44)34(29)45/h3-14,17,20,25-26,28H,15-16H2,1-2H3. The molecule has 0 amide bonds. The first-order chi connectivity index (χ1) is 22.8.